The van der Waals surface area contributed by atoms with Gasteiger partial charge in [0.15, 0.2) is 0 Å². The Morgan fingerprint density at radius 3 is 2.74 bits per heavy atom. The lowest BCUT2D eigenvalue weighted by Crippen LogP contribution is -2.14. The standard InChI is InChI=1S/C21H17N3OS2/c1-13-14(20-24-17-10-6-12-22-21(17)27-20)8-5-9-16(13)23-19(25)15-7-3-4-11-18(15)26-2/h3-12H,1-2H3,(H,23,25). The van der Waals surface area contributed by atoms with Crippen LogP contribution in [0.2, 0.25) is 0 Å². The zero-order chi connectivity index (χ0) is 18.8. The molecule has 0 spiro atoms. The van der Waals surface area contributed by atoms with Gasteiger partial charge < -0.3 is 5.32 Å². The summed E-state index contributed by atoms with van der Waals surface area (Å²) in [6, 6.07) is 17.4. The lowest BCUT2D eigenvalue weighted by molar-refractivity contribution is 0.102. The normalized spacial score (nSPS) is 10.9. The number of thioether (sulfide) groups is 1. The first-order chi connectivity index (χ1) is 13.2. The lowest BCUT2D eigenvalue weighted by Gasteiger charge is -2.12. The van der Waals surface area contributed by atoms with Crippen LogP contribution in [0.25, 0.3) is 20.9 Å². The summed E-state index contributed by atoms with van der Waals surface area (Å²) >= 11 is 3.12. The van der Waals surface area contributed by atoms with Crippen LogP contribution in [0.3, 0.4) is 0 Å². The van der Waals surface area contributed by atoms with E-state index in [0.29, 0.717) is 5.56 Å². The Bertz CT molecular complexity index is 1100. The molecule has 0 saturated carbocycles. The van der Waals surface area contributed by atoms with Crippen molar-refractivity contribution < 1.29 is 4.79 Å². The van der Waals surface area contributed by atoms with Crippen LogP contribution in [-0.2, 0) is 0 Å². The van der Waals surface area contributed by atoms with E-state index in [-0.39, 0.29) is 5.91 Å². The van der Waals surface area contributed by atoms with Gasteiger partial charge in [0.1, 0.15) is 15.4 Å². The molecule has 0 aliphatic heterocycles. The fraction of sp³-hybridized carbons (Fsp3) is 0.0952. The van der Waals surface area contributed by atoms with Gasteiger partial charge in [-0.05, 0) is 49.1 Å². The highest BCUT2D eigenvalue weighted by molar-refractivity contribution is 7.98. The van der Waals surface area contributed by atoms with Crippen LogP contribution in [0, 0.1) is 6.92 Å². The number of thiazole rings is 1. The fourth-order valence-corrected chi connectivity index (χ4v) is 4.50. The maximum atomic E-state index is 12.8. The Hall–Kier alpha value is -2.70. The van der Waals surface area contributed by atoms with E-state index in [9.17, 15) is 4.79 Å². The number of rotatable bonds is 4. The maximum Gasteiger partial charge on any atom is 0.256 e. The summed E-state index contributed by atoms with van der Waals surface area (Å²) < 4.78 is 0. The molecule has 6 heteroatoms. The number of amides is 1. The van der Waals surface area contributed by atoms with Crippen LogP contribution >= 0.6 is 23.1 Å². The summed E-state index contributed by atoms with van der Waals surface area (Å²) in [5, 5.41) is 3.96. The molecule has 2 aromatic heterocycles. The van der Waals surface area contributed by atoms with E-state index in [1.54, 1.807) is 29.3 Å². The summed E-state index contributed by atoms with van der Waals surface area (Å²) in [5.41, 5.74) is 4.36. The maximum absolute atomic E-state index is 12.8. The average molecular weight is 392 g/mol. The molecule has 0 saturated heterocycles. The van der Waals surface area contributed by atoms with Crippen molar-refractivity contribution in [1.82, 2.24) is 9.97 Å². The van der Waals surface area contributed by atoms with Crippen molar-refractivity contribution in [3.8, 4) is 10.6 Å². The zero-order valence-corrected chi connectivity index (χ0v) is 16.5. The van der Waals surface area contributed by atoms with Crippen molar-refractivity contribution in [2.45, 2.75) is 11.8 Å². The van der Waals surface area contributed by atoms with Crippen LogP contribution in [-0.4, -0.2) is 22.1 Å². The second-order valence-electron chi connectivity index (χ2n) is 5.98. The van der Waals surface area contributed by atoms with Crippen LogP contribution in [0.5, 0.6) is 0 Å². The third-order valence-corrected chi connectivity index (χ3v) is 6.14. The number of anilines is 1. The first kappa shape index (κ1) is 17.7. The third-order valence-electron chi connectivity index (χ3n) is 4.33. The van der Waals surface area contributed by atoms with Gasteiger partial charge in [0.25, 0.3) is 5.91 Å². The highest BCUT2D eigenvalue weighted by Gasteiger charge is 2.15. The monoisotopic (exact) mass is 391 g/mol. The van der Waals surface area contributed by atoms with Gasteiger partial charge >= 0.3 is 0 Å². The topological polar surface area (TPSA) is 54.9 Å². The summed E-state index contributed by atoms with van der Waals surface area (Å²) in [7, 11) is 0. The van der Waals surface area contributed by atoms with Gasteiger partial charge in [0.2, 0.25) is 0 Å². The SMILES string of the molecule is CSc1ccccc1C(=O)Nc1cccc(-c2nc3cccnc3s2)c1C. The van der Waals surface area contributed by atoms with Crippen molar-refractivity contribution in [1.29, 1.82) is 0 Å². The summed E-state index contributed by atoms with van der Waals surface area (Å²) in [4.78, 5) is 23.7. The molecule has 1 amide bonds. The van der Waals surface area contributed by atoms with E-state index < -0.39 is 0 Å². The smallest absolute Gasteiger partial charge is 0.256 e. The summed E-state index contributed by atoms with van der Waals surface area (Å²) in [6.45, 7) is 2.00. The molecular formula is C21H17N3OS2. The molecule has 1 N–H and O–H groups in total. The van der Waals surface area contributed by atoms with Gasteiger partial charge in [-0.15, -0.1) is 11.8 Å². The van der Waals surface area contributed by atoms with Gasteiger partial charge in [0.05, 0.1) is 5.56 Å². The van der Waals surface area contributed by atoms with Crippen molar-refractivity contribution >= 4 is 45.0 Å². The predicted octanol–water partition coefficient (Wildman–Crippen LogP) is 5.64. The highest BCUT2D eigenvalue weighted by atomic mass is 32.2. The number of hydrogen-bond acceptors (Lipinski definition) is 5. The first-order valence-electron chi connectivity index (χ1n) is 8.43. The van der Waals surface area contributed by atoms with Crippen LogP contribution < -0.4 is 5.32 Å². The molecule has 4 rings (SSSR count). The Labute approximate surface area is 165 Å². The van der Waals surface area contributed by atoms with Crippen LogP contribution in [0.4, 0.5) is 5.69 Å². The molecule has 0 bridgehead atoms. The molecule has 0 radical (unpaired) electrons. The molecule has 0 unspecified atom stereocenters. The average Bonchev–Trinajstić information content (AvgIpc) is 3.13. The predicted molar refractivity (Wildman–Crippen MR) is 114 cm³/mol. The van der Waals surface area contributed by atoms with Crippen LogP contribution in [0.1, 0.15) is 15.9 Å². The van der Waals surface area contributed by atoms with Gasteiger partial charge in [-0.25, -0.2) is 9.97 Å². The second kappa shape index (κ2) is 7.50. The van der Waals surface area contributed by atoms with Crippen molar-refractivity contribution in [3.63, 3.8) is 0 Å². The zero-order valence-electron chi connectivity index (χ0n) is 14.9. The molecule has 2 aromatic carbocycles. The summed E-state index contributed by atoms with van der Waals surface area (Å²) in [5.74, 6) is -0.105. The molecule has 27 heavy (non-hydrogen) atoms. The molecule has 0 aliphatic rings. The number of fused-ring (bicyclic) bond motifs is 1. The number of carbonyl (C=O) groups excluding carboxylic acids is 1. The number of benzene rings is 2. The number of pyridine rings is 1. The number of aromatic nitrogens is 2. The molecule has 0 fully saturated rings. The van der Waals surface area contributed by atoms with E-state index >= 15 is 0 Å². The Morgan fingerprint density at radius 2 is 1.93 bits per heavy atom. The van der Waals surface area contributed by atoms with Crippen molar-refractivity contribution in [2.75, 3.05) is 11.6 Å². The largest absolute Gasteiger partial charge is 0.322 e. The lowest BCUT2D eigenvalue weighted by atomic mass is 10.1. The van der Waals surface area contributed by atoms with E-state index in [2.05, 4.69) is 15.3 Å². The Balaban J connectivity index is 1.69. The van der Waals surface area contributed by atoms with E-state index in [1.165, 1.54) is 0 Å². The third kappa shape index (κ3) is 3.46. The minimum absolute atomic E-state index is 0.105. The summed E-state index contributed by atoms with van der Waals surface area (Å²) in [6.07, 6.45) is 3.75. The number of nitrogens with zero attached hydrogens (tertiary/aromatic N) is 2. The first-order valence-corrected chi connectivity index (χ1v) is 10.5. The minimum Gasteiger partial charge on any atom is -0.322 e. The highest BCUT2D eigenvalue weighted by Crippen LogP contribution is 2.34. The minimum atomic E-state index is -0.105. The second-order valence-corrected chi connectivity index (χ2v) is 7.80. The molecule has 4 aromatic rings. The molecule has 4 nitrogen and oxygen atoms in total. The number of nitrogens with one attached hydrogen (secondary N) is 1. The number of carbonyl (C=O) groups is 1. The quantitative estimate of drug-likeness (QED) is 0.457. The van der Waals surface area contributed by atoms with E-state index in [0.717, 1.165) is 37.1 Å². The molecule has 134 valence electrons. The van der Waals surface area contributed by atoms with Gasteiger partial charge in [0, 0.05) is 22.3 Å². The number of hydrogen-bond donors (Lipinski definition) is 1. The van der Waals surface area contributed by atoms with Crippen molar-refractivity contribution in [3.05, 3.63) is 71.9 Å². The molecule has 0 atom stereocenters. The van der Waals surface area contributed by atoms with E-state index in [1.807, 2.05) is 67.8 Å². The molecule has 2 heterocycles. The Morgan fingerprint density at radius 1 is 1.07 bits per heavy atom. The van der Waals surface area contributed by atoms with Gasteiger partial charge in [-0.3, -0.25) is 4.79 Å². The van der Waals surface area contributed by atoms with Crippen LogP contribution in [0.15, 0.2) is 65.7 Å². The molecule has 0 aliphatic carbocycles. The Kier molecular flexibility index (Phi) is 4.92. The van der Waals surface area contributed by atoms with E-state index in [4.69, 9.17) is 0 Å². The fourth-order valence-electron chi connectivity index (χ4n) is 2.91. The molecular weight excluding hydrogens is 374 g/mol. The van der Waals surface area contributed by atoms with Crippen molar-refractivity contribution in [2.24, 2.45) is 0 Å². The van der Waals surface area contributed by atoms with Gasteiger partial charge in [-0.1, -0.05) is 35.6 Å². The van der Waals surface area contributed by atoms with Gasteiger partial charge in [-0.2, -0.15) is 0 Å².